The Bertz CT molecular complexity index is 325. The smallest absolute Gasteiger partial charge is 0.0470 e. The Morgan fingerprint density at radius 3 is 2.59 bits per heavy atom. The van der Waals surface area contributed by atoms with Gasteiger partial charge in [0.25, 0.3) is 0 Å². The van der Waals surface area contributed by atoms with Crippen molar-refractivity contribution in [3.63, 3.8) is 0 Å². The van der Waals surface area contributed by atoms with Crippen molar-refractivity contribution in [3.05, 3.63) is 35.9 Å². The van der Waals surface area contributed by atoms with Gasteiger partial charge in [-0.2, -0.15) is 0 Å². The molecule has 0 saturated carbocycles. The second kappa shape index (κ2) is 6.15. The molecule has 0 amide bonds. The van der Waals surface area contributed by atoms with Crippen molar-refractivity contribution >= 4 is 0 Å². The van der Waals surface area contributed by atoms with E-state index in [-0.39, 0.29) is 0 Å². The molecule has 1 unspecified atom stereocenters. The molecule has 1 N–H and O–H groups in total. The molecule has 1 heterocycles. The molecule has 0 aromatic heterocycles. The highest BCUT2D eigenvalue weighted by Gasteiger charge is 2.18. The van der Waals surface area contributed by atoms with Crippen LogP contribution >= 0.6 is 0 Å². The van der Waals surface area contributed by atoms with Gasteiger partial charge in [-0.25, -0.2) is 0 Å². The summed E-state index contributed by atoms with van der Waals surface area (Å²) in [5.41, 5.74) is 1.41. The summed E-state index contributed by atoms with van der Waals surface area (Å²) in [5, 5.41) is 3.55. The predicted octanol–water partition coefficient (Wildman–Crippen LogP) is 1.19. The van der Waals surface area contributed by atoms with E-state index < -0.39 is 0 Å². The third-order valence-corrected chi connectivity index (χ3v) is 3.56. The number of hydrogen-bond donors (Lipinski definition) is 1. The normalized spacial score (nSPS) is 24.9. The molecule has 1 aliphatic heterocycles. The Hall–Kier alpha value is -0.900. The lowest BCUT2D eigenvalue weighted by Gasteiger charge is -2.28. The molecule has 2 rings (SSSR count). The van der Waals surface area contributed by atoms with Crippen LogP contribution in [0.25, 0.3) is 0 Å². The Morgan fingerprint density at radius 2 is 1.82 bits per heavy atom. The third kappa shape index (κ3) is 3.53. The van der Waals surface area contributed by atoms with E-state index in [1.807, 2.05) is 0 Å². The summed E-state index contributed by atoms with van der Waals surface area (Å²) >= 11 is 0. The topological polar surface area (TPSA) is 18.5 Å². The van der Waals surface area contributed by atoms with E-state index >= 15 is 0 Å². The first-order valence-corrected chi connectivity index (χ1v) is 6.42. The molecule has 1 fully saturated rings. The second-order valence-electron chi connectivity index (χ2n) is 4.91. The molecule has 3 heteroatoms. The SMILES string of the molecule is CN1CCNCC(c2ccccc2)N(C)CC1. The van der Waals surface area contributed by atoms with Crippen LogP contribution in [0.1, 0.15) is 11.6 Å². The van der Waals surface area contributed by atoms with Crippen molar-refractivity contribution in [2.24, 2.45) is 0 Å². The van der Waals surface area contributed by atoms with Gasteiger partial charge in [0.15, 0.2) is 0 Å². The van der Waals surface area contributed by atoms with E-state index in [4.69, 9.17) is 0 Å². The first kappa shape index (κ1) is 12.6. The molecule has 1 saturated heterocycles. The van der Waals surface area contributed by atoms with Crippen molar-refractivity contribution in [1.82, 2.24) is 15.1 Å². The van der Waals surface area contributed by atoms with Crippen LogP contribution in [0.3, 0.4) is 0 Å². The van der Waals surface area contributed by atoms with E-state index in [1.54, 1.807) is 0 Å². The number of hydrogen-bond acceptors (Lipinski definition) is 3. The number of benzene rings is 1. The van der Waals surface area contributed by atoms with Crippen molar-refractivity contribution < 1.29 is 0 Å². The maximum absolute atomic E-state index is 3.55. The average molecular weight is 233 g/mol. The molecule has 3 nitrogen and oxygen atoms in total. The highest BCUT2D eigenvalue weighted by atomic mass is 15.2. The lowest BCUT2D eigenvalue weighted by Crippen LogP contribution is -2.34. The molecule has 0 radical (unpaired) electrons. The monoisotopic (exact) mass is 233 g/mol. The van der Waals surface area contributed by atoms with Gasteiger partial charge in [0.1, 0.15) is 0 Å². The number of likely N-dealkylation sites (N-methyl/N-ethyl adjacent to an activating group) is 2. The van der Waals surface area contributed by atoms with E-state index in [9.17, 15) is 0 Å². The van der Waals surface area contributed by atoms with Gasteiger partial charge in [0.2, 0.25) is 0 Å². The van der Waals surface area contributed by atoms with Crippen LogP contribution in [-0.2, 0) is 0 Å². The minimum Gasteiger partial charge on any atom is -0.314 e. The van der Waals surface area contributed by atoms with Crippen molar-refractivity contribution in [3.8, 4) is 0 Å². The Balaban J connectivity index is 2.08. The van der Waals surface area contributed by atoms with Gasteiger partial charge in [-0.05, 0) is 19.7 Å². The van der Waals surface area contributed by atoms with Gasteiger partial charge in [-0.3, -0.25) is 4.90 Å². The van der Waals surface area contributed by atoms with Crippen LogP contribution in [0, 0.1) is 0 Å². The largest absolute Gasteiger partial charge is 0.314 e. The van der Waals surface area contributed by atoms with E-state index in [0.29, 0.717) is 6.04 Å². The molecule has 1 aromatic rings. The standard InChI is InChI=1S/C14H23N3/c1-16-9-8-15-12-14(17(2)11-10-16)13-6-4-3-5-7-13/h3-7,14-15H,8-12H2,1-2H3. The van der Waals surface area contributed by atoms with Crippen molar-refractivity contribution in [2.45, 2.75) is 6.04 Å². The molecule has 1 aliphatic rings. The summed E-state index contributed by atoms with van der Waals surface area (Å²) in [6.07, 6.45) is 0. The number of rotatable bonds is 1. The Morgan fingerprint density at radius 1 is 1.06 bits per heavy atom. The average Bonchev–Trinajstić information content (AvgIpc) is 2.43. The van der Waals surface area contributed by atoms with Crippen molar-refractivity contribution in [1.29, 1.82) is 0 Å². The van der Waals surface area contributed by atoms with E-state index in [1.165, 1.54) is 5.56 Å². The van der Waals surface area contributed by atoms with Gasteiger partial charge in [0, 0.05) is 38.8 Å². The zero-order chi connectivity index (χ0) is 12.1. The van der Waals surface area contributed by atoms with Crippen molar-refractivity contribution in [2.75, 3.05) is 46.8 Å². The van der Waals surface area contributed by atoms with Gasteiger partial charge in [-0.15, -0.1) is 0 Å². The third-order valence-electron chi connectivity index (χ3n) is 3.56. The highest BCUT2D eigenvalue weighted by molar-refractivity contribution is 5.19. The predicted molar refractivity (Wildman–Crippen MR) is 72.2 cm³/mol. The van der Waals surface area contributed by atoms with E-state index in [0.717, 1.165) is 32.7 Å². The fourth-order valence-electron chi connectivity index (χ4n) is 2.31. The summed E-state index contributed by atoms with van der Waals surface area (Å²) in [7, 11) is 4.41. The van der Waals surface area contributed by atoms with Crippen LogP contribution in [0.2, 0.25) is 0 Å². The summed E-state index contributed by atoms with van der Waals surface area (Å²) in [4.78, 5) is 4.83. The minimum atomic E-state index is 0.489. The zero-order valence-corrected chi connectivity index (χ0v) is 10.9. The molecule has 1 atom stereocenters. The van der Waals surface area contributed by atoms with Crippen LogP contribution in [-0.4, -0.2) is 56.6 Å². The summed E-state index contributed by atoms with van der Waals surface area (Å²) in [6, 6.07) is 11.3. The van der Waals surface area contributed by atoms with Gasteiger partial charge in [0.05, 0.1) is 0 Å². The van der Waals surface area contributed by atoms with Crippen LogP contribution in [0.15, 0.2) is 30.3 Å². The number of nitrogens with one attached hydrogen (secondary N) is 1. The zero-order valence-electron chi connectivity index (χ0n) is 10.9. The molecule has 0 spiro atoms. The number of nitrogens with zero attached hydrogens (tertiary/aromatic N) is 2. The van der Waals surface area contributed by atoms with Crippen LogP contribution in [0.5, 0.6) is 0 Å². The Labute approximate surface area is 104 Å². The van der Waals surface area contributed by atoms with Gasteiger partial charge >= 0.3 is 0 Å². The summed E-state index contributed by atoms with van der Waals surface area (Å²) in [5.74, 6) is 0. The molecular weight excluding hydrogens is 210 g/mol. The molecule has 17 heavy (non-hydrogen) atoms. The van der Waals surface area contributed by atoms with Crippen LogP contribution < -0.4 is 5.32 Å². The van der Waals surface area contributed by atoms with Gasteiger partial charge < -0.3 is 10.2 Å². The molecular formula is C14H23N3. The molecule has 0 aliphatic carbocycles. The quantitative estimate of drug-likeness (QED) is 0.786. The van der Waals surface area contributed by atoms with E-state index in [2.05, 4.69) is 59.5 Å². The summed E-state index contributed by atoms with van der Waals surface area (Å²) < 4.78 is 0. The van der Waals surface area contributed by atoms with Crippen LogP contribution in [0.4, 0.5) is 0 Å². The first-order valence-electron chi connectivity index (χ1n) is 6.42. The Kier molecular flexibility index (Phi) is 4.54. The molecule has 0 bridgehead atoms. The maximum atomic E-state index is 3.55. The second-order valence-corrected chi connectivity index (χ2v) is 4.91. The highest BCUT2D eigenvalue weighted by Crippen LogP contribution is 2.18. The lowest BCUT2D eigenvalue weighted by atomic mass is 10.1. The minimum absolute atomic E-state index is 0.489. The van der Waals surface area contributed by atoms with Gasteiger partial charge in [-0.1, -0.05) is 30.3 Å². The summed E-state index contributed by atoms with van der Waals surface area (Å²) in [6.45, 7) is 5.51. The molecule has 94 valence electrons. The molecule has 1 aromatic carbocycles. The lowest BCUT2D eigenvalue weighted by molar-refractivity contribution is 0.221. The fourth-order valence-corrected chi connectivity index (χ4v) is 2.31. The maximum Gasteiger partial charge on any atom is 0.0470 e. The fraction of sp³-hybridized carbons (Fsp3) is 0.571. The first-order chi connectivity index (χ1) is 8.27.